The molecule has 0 fully saturated rings. The van der Waals surface area contributed by atoms with Crippen molar-refractivity contribution >= 4 is 0 Å². The van der Waals surface area contributed by atoms with E-state index in [4.69, 9.17) is 5.73 Å². The van der Waals surface area contributed by atoms with E-state index in [1.807, 2.05) is 30.3 Å². The van der Waals surface area contributed by atoms with Crippen LogP contribution in [-0.2, 0) is 0 Å². The van der Waals surface area contributed by atoms with Crippen molar-refractivity contribution in [3.63, 3.8) is 0 Å². The molecule has 1 aromatic carbocycles. The van der Waals surface area contributed by atoms with Crippen molar-refractivity contribution in [3.8, 4) is 5.69 Å². The van der Waals surface area contributed by atoms with Crippen LogP contribution in [0.15, 0.2) is 36.5 Å². The number of para-hydroxylation sites is 1. The summed E-state index contributed by atoms with van der Waals surface area (Å²) in [5.74, 6) is 0.729. The molecule has 0 aliphatic rings. The van der Waals surface area contributed by atoms with Gasteiger partial charge in [-0.2, -0.15) is 15.0 Å². The van der Waals surface area contributed by atoms with Gasteiger partial charge in [-0.15, -0.1) is 0 Å². The van der Waals surface area contributed by atoms with Crippen molar-refractivity contribution in [3.05, 3.63) is 42.2 Å². The Labute approximate surface area is 114 Å². The van der Waals surface area contributed by atoms with Crippen LogP contribution in [0.3, 0.4) is 0 Å². The van der Waals surface area contributed by atoms with E-state index < -0.39 is 0 Å². The second-order valence-corrected chi connectivity index (χ2v) is 5.33. The SMILES string of the molecule is CC(C)CCCC(N)c1cnn(-c2ccccc2)n1. The lowest BCUT2D eigenvalue weighted by Crippen LogP contribution is -2.12. The van der Waals surface area contributed by atoms with E-state index in [-0.39, 0.29) is 6.04 Å². The first-order valence-electron chi connectivity index (χ1n) is 6.90. The first kappa shape index (κ1) is 13.7. The van der Waals surface area contributed by atoms with Crippen molar-refractivity contribution < 1.29 is 0 Å². The van der Waals surface area contributed by atoms with Crippen LogP contribution in [0.1, 0.15) is 44.8 Å². The fraction of sp³-hybridized carbons (Fsp3) is 0.467. The first-order valence-corrected chi connectivity index (χ1v) is 6.90. The van der Waals surface area contributed by atoms with Gasteiger partial charge in [0.05, 0.1) is 23.6 Å². The Kier molecular flexibility index (Phi) is 4.68. The van der Waals surface area contributed by atoms with Crippen molar-refractivity contribution in [1.29, 1.82) is 0 Å². The smallest absolute Gasteiger partial charge is 0.0998 e. The molecule has 0 radical (unpaired) electrons. The fourth-order valence-corrected chi connectivity index (χ4v) is 2.02. The van der Waals surface area contributed by atoms with Gasteiger partial charge in [0.25, 0.3) is 0 Å². The number of aromatic nitrogens is 3. The van der Waals surface area contributed by atoms with E-state index >= 15 is 0 Å². The molecule has 1 aromatic heterocycles. The van der Waals surface area contributed by atoms with Gasteiger partial charge in [-0.3, -0.25) is 0 Å². The largest absolute Gasteiger partial charge is 0.323 e. The third-order valence-corrected chi connectivity index (χ3v) is 3.17. The molecule has 0 amide bonds. The predicted octanol–water partition coefficient (Wildman–Crippen LogP) is 3.09. The second-order valence-electron chi connectivity index (χ2n) is 5.33. The molecule has 2 N–H and O–H groups in total. The topological polar surface area (TPSA) is 56.7 Å². The van der Waals surface area contributed by atoms with Gasteiger partial charge in [-0.05, 0) is 24.5 Å². The summed E-state index contributed by atoms with van der Waals surface area (Å²) in [5.41, 5.74) is 7.99. The minimum absolute atomic E-state index is 0.0174. The van der Waals surface area contributed by atoms with E-state index in [2.05, 4.69) is 24.0 Å². The summed E-state index contributed by atoms with van der Waals surface area (Å²) in [6, 6.07) is 9.87. The molecule has 19 heavy (non-hydrogen) atoms. The molecule has 1 atom stereocenters. The predicted molar refractivity (Wildman–Crippen MR) is 77.0 cm³/mol. The van der Waals surface area contributed by atoms with Gasteiger partial charge in [-0.25, -0.2) is 0 Å². The van der Waals surface area contributed by atoms with Crippen LogP contribution in [-0.4, -0.2) is 15.0 Å². The number of nitrogens with two attached hydrogens (primary N) is 1. The Morgan fingerprint density at radius 3 is 2.58 bits per heavy atom. The molecular formula is C15H22N4. The number of benzene rings is 1. The van der Waals surface area contributed by atoms with E-state index in [9.17, 15) is 0 Å². The van der Waals surface area contributed by atoms with Gasteiger partial charge in [0, 0.05) is 0 Å². The maximum atomic E-state index is 6.16. The van der Waals surface area contributed by atoms with E-state index in [0.717, 1.165) is 30.1 Å². The molecule has 4 heteroatoms. The monoisotopic (exact) mass is 258 g/mol. The molecule has 0 aliphatic carbocycles. The van der Waals surface area contributed by atoms with Crippen LogP contribution in [0.4, 0.5) is 0 Å². The molecule has 0 aliphatic heterocycles. The highest BCUT2D eigenvalue weighted by atomic mass is 15.5. The molecule has 102 valence electrons. The summed E-state index contributed by atoms with van der Waals surface area (Å²) in [6.07, 6.45) is 5.08. The maximum Gasteiger partial charge on any atom is 0.0998 e. The lowest BCUT2D eigenvalue weighted by molar-refractivity contribution is 0.499. The summed E-state index contributed by atoms with van der Waals surface area (Å²) < 4.78 is 0. The van der Waals surface area contributed by atoms with Crippen LogP contribution >= 0.6 is 0 Å². The van der Waals surface area contributed by atoms with Crippen molar-refractivity contribution in [2.24, 2.45) is 11.7 Å². The zero-order valence-electron chi connectivity index (χ0n) is 11.7. The Morgan fingerprint density at radius 2 is 1.89 bits per heavy atom. The van der Waals surface area contributed by atoms with Gasteiger partial charge < -0.3 is 5.73 Å². The normalized spacial score (nSPS) is 12.8. The van der Waals surface area contributed by atoms with Crippen LogP contribution in [0.25, 0.3) is 5.69 Å². The Balaban J connectivity index is 1.97. The summed E-state index contributed by atoms with van der Waals surface area (Å²) >= 11 is 0. The molecule has 0 saturated carbocycles. The summed E-state index contributed by atoms with van der Waals surface area (Å²) in [4.78, 5) is 1.64. The van der Waals surface area contributed by atoms with Crippen LogP contribution in [0, 0.1) is 5.92 Å². The third-order valence-electron chi connectivity index (χ3n) is 3.17. The molecule has 2 rings (SSSR count). The van der Waals surface area contributed by atoms with Gasteiger partial charge in [0.15, 0.2) is 0 Å². The van der Waals surface area contributed by atoms with Crippen LogP contribution in [0.5, 0.6) is 0 Å². The lowest BCUT2D eigenvalue weighted by atomic mass is 10.0. The number of rotatable bonds is 6. The van der Waals surface area contributed by atoms with Crippen LogP contribution < -0.4 is 5.73 Å². The molecule has 1 heterocycles. The quantitative estimate of drug-likeness (QED) is 0.866. The summed E-state index contributed by atoms with van der Waals surface area (Å²) in [6.45, 7) is 4.47. The zero-order valence-corrected chi connectivity index (χ0v) is 11.7. The summed E-state index contributed by atoms with van der Waals surface area (Å²) in [7, 11) is 0. The Bertz CT molecular complexity index is 490. The number of nitrogens with zero attached hydrogens (tertiary/aromatic N) is 3. The van der Waals surface area contributed by atoms with Gasteiger partial charge in [0.1, 0.15) is 0 Å². The van der Waals surface area contributed by atoms with Gasteiger partial charge in [-0.1, -0.05) is 44.9 Å². The molecular weight excluding hydrogens is 236 g/mol. The standard InChI is InChI=1S/C15H22N4/c1-12(2)7-6-10-14(16)15-11-17-19(18-15)13-8-4-3-5-9-13/h3-5,8-9,11-12,14H,6-7,10,16H2,1-2H3. The van der Waals surface area contributed by atoms with Gasteiger partial charge >= 0.3 is 0 Å². The van der Waals surface area contributed by atoms with E-state index in [0.29, 0.717) is 0 Å². The molecule has 0 bridgehead atoms. The Hall–Kier alpha value is -1.68. The average molecular weight is 258 g/mol. The van der Waals surface area contributed by atoms with Crippen molar-refractivity contribution in [1.82, 2.24) is 15.0 Å². The molecule has 1 unspecified atom stereocenters. The van der Waals surface area contributed by atoms with Crippen molar-refractivity contribution in [2.75, 3.05) is 0 Å². The maximum absolute atomic E-state index is 6.16. The van der Waals surface area contributed by atoms with Crippen LogP contribution in [0.2, 0.25) is 0 Å². The second kappa shape index (κ2) is 6.48. The zero-order chi connectivity index (χ0) is 13.7. The highest BCUT2D eigenvalue weighted by Crippen LogP contribution is 2.17. The number of hydrogen-bond acceptors (Lipinski definition) is 3. The third kappa shape index (κ3) is 3.89. The Morgan fingerprint density at radius 1 is 1.16 bits per heavy atom. The molecule has 2 aromatic rings. The van der Waals surface area contributed by atoms with Crippen molar-refractivity contribution in [2.45, 2.75) is 39.2 Å². The van der Waals surface area contributed by atoms with E-state index in [1.54, 1.807) is 11.0 Å². The highest BCUT2D eigenvalue weighted by molar-refractivity contribution is 5.28. The van der Waals surface area contributed by atoms with Gasteiger partial charge in [0.2, 0.25) is 0 Å². The minimum Gasteiger partial charge on any atom is -0.323 e. The highest BCUT2D eigenvalue weighted by Gasteiger charge is 2.11. The molecule has 0 saturated heterocycles. The average Bonchev–Trinajstić information content (AvgIpc) is 2.89. The minimum atomic E-state index is -0.0174. The number of hydrogen-bond donors (Lipinski definition) is 1. The molecule has 0 spiro atoms. The lowest BCUT2D eigenvalue weighted by Gasteiger charge is -2.09. The fourth-order valence-electron chi connectivity index (χ4n) is 2.02. The summed E-state index contributed by atoms with van der Waals surface area (Å²) in [5, 5.41) is 8.73. The first-order chi connectivity index (χ1) is 9.16. The molecule has 4 nitrogen and oxygen atoms in total. The van der Waals surface area contributed by atoms with E-state index in [1.165, 1.54) is 6.42 Å².